The van der Waals surface area contributed by atoms with Crippen LogP contribution in [0.5, 0.6) is 0 Å². The summed E-state index contributed by atoms with van der Waals surface area (Å²) in [6.45, 7) is 3.95. The van der Waals surface area contributed by atoms with Crippen molar-refractivity contribution < 1.29 is 14.0 Å². The number of carbonyl (C=O) groups is 2. The Morgan fingerprint density at radius 3 is 2.44 bits per heavy atom. The average molecular weight is 362 g/mol. The molecule has 0 fully saturated rings. The summed E-state index contributed by atoms with van der Waals surface area (Å²) >= 11 is 0. The van der Waals surface area contributed by atoms with Gasteiger partial charge in [0.2, 0.25) is 5.91 Å². The summed E-state index contributed by atoms with van der Waals surface area (Å²) in [7, 11) is 0. The molecule has 2 amide bonds. The van der Waals surface area contributed by atoms with Gasteiger partial charge in [-0.05, 0) is 48.7 Å². The lowest BCUT2D eigenvalue weighted by Crippen LogP contribution is -2.45. The lowest BCUT2D eigenvalue weighted by atomic mass is 10.0. The van der Waals surface area contributed by atoms with E-state index in [9.17, 15) is 9.59 Å². The minimum absolute atomic E-state index is 0.174. The summed E-state index contributed by atoms with van der Waals surface area (Å²) in [6, 6.07) is 17.8. The molecule has 0 radical (unpaired) electrons. The molecular formula is C22H22N2O3. The van der Waals surface area contributed by atoms with Gasteiger partial charge in [0.25, 0.3) is 5.91 Å². The SMILES string of the molecule is Cc1cccc(NC(=O)C(Cc2ccccc2)NC(=O)c2ccco2)c1C. The summed E-state index contributed by atoms with van der Waals surface area (Å²) in [5.74, 6) is -0.517. The van der Waals surface area contributed by atoms with Gasteiger partial charge in [0.1, 0.15) is 6.04 Å². The number of carbonyl (C=O) groups excluding carboxylic acids is 2. The molecule has 0 aliphatic rings. The third kappa shape index (κ3) is 4.64. The van der Waals surface area contributed by atoms with Crippen LogP contribution in [0.15, 0.2) is 71.3 Å². The topological polar surface area (TPSA) is 71.3 Å². The molecule has 3 rings (SSSR count). The van der Waals surface area contributed by atoms with E-state index in [2.05, 4.69) is 10.6 Å². The number of aryl methyl sites for hydroxylation is 1. The third-order valence-corrected chi connectivity index (χ3v) is 4.51. The molecule has 5 heteroatoms. The molecule has 1 unspecified atom stereocenters. The van der Waals surface area contributed by atoms with E-state index >= 15 is 0 Å². The molecule has 2 N–H and O–H groups in total. The first-order chi connectivity index (χ1) is 13.0. The minimum Gasteiger partial charge on any atom is -0.459 e. The predicted octanol–water partition coefficient (Wildman–Crippen LogP) is 3.88. The second-order valence-corrected chi connectivity index (χ2v) is 6.43. The number of anilines is 1. The van der Waals surface area contributed by atoms with Crippen molar-refractivity contribution in [3.8, 4) is 0 Å². The van der Waals surface area contributed by atoms with Gasteiger partial charge in [-0.3, -0.25) is 9.59 Å². The summed E-state index contributed by atoms with van der Waals surface area (Å²) < 4.78 is 5.14. The quantitative estimate of drug-likeness (QED) is 0.699. The van der Waals surface area contributed by atoms with E-state index in [4.69, 9.17) is 4.42 Å². The number of rotatable bonds is 6. The molecule has 3 aromatic rings. The Hall–Kier alpha value is -3.34. The molecule has 0 saturated carbocycles. The Morgan fingerprint density at radius 1 is 0.963 bits per heavy atom. The first kappa shape index (κ1) is 18.5. The van der Waals surface area contributed by atoms with Crippen LogP contribution >= 0.6 is 0 Å². The number of hydrogen-bond acceptors (Lipinski definition) is 3. The van der Waals surface area contributed by atoms with Gasteiger partial charge in [-0.2, -0.15) is 0 Å². The van der Waals surface area contributed by atoms with Crippen molar-refractivity contribution in [2.24, 2.45) is 0 Å². The van der Waals surface area contributed by atoms with E-state index in [1.165, 1.54) is 6.26 Å². The highest BCUT2D eigenvalue weighted by Gasteiger charge is 2.23. The van der Waals surface area contributed by atoms with Crippen molar-refractivity contribution in [1.29, 1.82) is 0 Å². The molecule has 5 nitrogen and oxygen atoms in total. The highest BCUT2D eigenvalue weighted by atomic mass is 16.3. The Bertz CT molecular complexity index is 918. The van der Waals surface area contributed by atoms with Crippen LogP contribution in [0.1, 0.15) is 27.2 Å². The van der Waals surface area contributed by atoms with Crippen LogP contribution in [0.25, 0.3) is 0 Å². The maximum absolute atomic E-state index is 12.9. The minimum atomic E-state index is -0.732. The molecule has 0 aliphatic heterocycles. The van der Waals surface area contributed by atoms with E-state index < -0.39 is 11.9 Å². The summed E-state index contributed by atoms with van der Waals surface area (Å²) in [5, 5.41) is 5.72. The molecule has 2 aromatic carbocycles. The fraction of sp³-hybridized carbons (Fsp3) is 0.182. The number of furan rings is 1. The number of amides is 2. The molecule has 27 heavy (non-hydrogen) atoms. The van der Waals surface area contributed by atoms with Gasteiger partial charge in [-0.1, -0.05) is 42.5 Å². The molecule has 1 heterocycles. The Labute approximate surface area is 158 Å². The maximum atomic E-state index is 12.9. The molecule has 0 aliphatic carbocycles. The smallest absolute Gasteiger partial charge is 0.287 e. The molecule has 0 saturated heterocycles. The first-order valence-corrected chi connectivity index (χ1v) is 8.80. The summed E-state index contributed by atoms with van der Waals surface area (Å²) in [6.07, 6.45) is 1.81. The van der Waals surface area contributed by atoms with E-state index in [1.807, 2.05) is 62.4 Å². The van der Waals surface area contributed by atoms with Crippen molar-refractivity contribution in [2.45, 2.75) is 26.3 Å². The van der Waals surface area contributed by atoms with Gasteiger partial charge in [-0.25, -0.2) is 0 Å². The summed E-state index contributed by atoms with van der Waals surface area (Å²) in [4.78, 5) is 25.3. The van der Waals surface area contributed by atoms with Crippen LogP contribution in [0.2, 0.25) is 0 Å². The second-order valence-electron chi connectivity index (χ2n) is 6.43. The van der Waals surface area contributed by atoms with Crippen LogP contribution in [-0.2, 0) is 11.2 Å². The Balaban J connectivity index is 1.80. The maximum Gasteiger partial charge on any atom is 0.287 e. The van der Waals surface area contributed by atoms with E-state index in [0.717, 1.165) is 22.4 Å². The van der Waals surface area contributed by atoms with E-state index in [1.54, 1.807) is 12.1 Å². The first-order valence-electron chi connectivity index (χ1n) is 8.80. The summed E-state index contributed by atoms with van der Waals surface area (Å²) in [5.41, 5.74) is 3.79. The van der Waals surface area contributed by atoms with Gasteiger partial charge in [-0.15, -0.1) is 0 Å². The molecular weight excluding hydrogens is 340 g/mol. The van der Waals surface area contributed by atoms with Gasteiger partial charge in [0.05, 0.1) is 6.26 Å². The zero-order valence-corrected chi connectivity index (χ0v) is 15.4. The monoisotopic (exact) mass is 362 g/mol. The van der Waals surface area contributed by atoms with Crippen molar-refractivity contribution in [3.05, 3.63) is 89.4 Å². The standard InChI is InChI=1S/C22H22N2O3/c1-15-8-6-11-18(16(15)2)23-21(25)19(14-17-9-4-3-5-10-17)24-22(26)20-12-7-13-27-20/h3-13,19H,14H2,1-2H3,(H,23,25)(H,24,26). The van der Waals surface area contributed by atoms with Crippen molar-refractivity contribution >= 4 is 17.5 Å². The van der Waals surface area contributed by atoms with Gasteiger partial charge >= 0.3 is 0 Å². The molecule has 1 atom stereocenters. The van der Waals surface area contributed by atoms with Crippen LogP contribution in [0.4, 0.5) is 5.69 Å². The molecule has 1 aromatic heterocycles. The van der Waals surface area contributed by atoms with Crippen molar-refractivity contribution in [1.82, 2.24) is 5.32 Å². The lowest BCUT2D eigenvalue weighted by Gasteiger charge is -2.19. The van der Waals surface area contributed by atoms with Gasteiger partial charge in [0.15, 0.2) is 5.76 Å². The lowest BCUT2D eigenvalue weighted by molar-refractivity contribution is -0.118. The van der Waals surface area contributed by atoms with Crippen LogP contribution in [0.3, 0.4) is 0 Å². The van der Waals surface area contributed by atoms with Gasteiger partial charge < -0.3 is 15.1 Å². The fourth-order valence-electron chi connectivity index (χ4n) is 2.80. The van der Waals surface area contributed by atoms with Crippen LogP contribution < -0.4 is 10.6 Å². The number of nitrogens with one attached hydrogen (secondary N) is 2. The molecule has 0 spiro atoms. The molecule has 0 bridgehead atoms. The highest BCUT2D eigenvalue weighted by molar-refractivity contribution is 6.00. The van der Waals surface area contributed by atoms with Crippen LogP contribution in [-0.4, -0.2) is 17.9 Å². The Kier molecular flexibility index (Phi) is 5.71. The highest BCUT2D eigenvalue weighted by Crippen LogP contribution is 2.18. The van der Waals surface area contributed by atoms with Crippen LogP contribution in [0, 0.1) is 13.8 Å². The third-order valence-electron chi connectivity index (χ3n) is 4.51. The number of hydrogen-bond donors (Lipinski definition) is 2. The average Bonchev–Trinajstić information content (AvgIpc) is 3.20. The molecule has 138 valence electrons. The largest absolute Gasteiger partial charge is 0.459 e. The number of benzene rings is 2. The zero-order valence-electron chi connectivity index (χ0n) is 15.4. The zero-order chi connectivity index (χ0) is 19.2. The second kappa shape index (κ2) is 8.36. The Morgan fingerprint density at radius 2 is 1.74 bits per heavy atom. The van der Waals surface area contributed by atoms with Crippen molar-refractivity contribution in [3.63, 3.8) is 0 Å². The van der Waals surface area contributed by atoms with E-state index in [-0.39, 0.29) is 11.7 Å². The van der Waals surface area contributed by atoms with Gasteiger partial charge in [0, 0.05) is 12.1 Å². The normalized spacial score (nSPS) is 11.6. The predicted molar refractivity (Wildman–Crippen MR) is 105 cm³/mol. The van der Waals surface area contributed by atoms with Crippen molar-refractivity contribution in [2.75, 3.05) is 5.32 Å². The van der Waals surface area contributed by atoms with E-state index in [0.29, 0.717) is 6.42 Å². The fourth-order valence-corrected chi connectivity index (χ4v) is 2.80.